The van der Waals surface area contributed by atoms with Gasteiger partial charge in [0, 0.05) is 0 Å². The Bertz CT molecular complexity index is 265. The number of hydrogen-bond donors (Lipinski definition) is 2. The second-order valence-corrected chi connectivity index (χ2v) is 2.38. The Kier molecular flexibility index (Phi) is 4.74. The molecule has 98 valence electrons. The highest BCUT2D eigenvalue weighted by Crippen LogP contribution is 2.48. The van der Waals surface area contributed by atoms with Gasteiger partial charge >= 0.3 is 30.2 Å². The van der Waals surface area contributed by atoms with Gasteiger partial charge in [0.2, 0.25) is 0 Å². The summed E-state index contributed by atoms with van der Waals surface area (Å²) < 4.78 is 94.8. The Morgan fingerprint density at radius 2 is 1.31 bits per heavy atom. The van der Waals surface area contributed by atoms with Crippen molar-refractivity contribution < 1.29 is 45.0 Å². The lowest BCUT2D eigenvalue weighted by atomic mass is 10.1. The van der Waals surface area contributed by atoms with E-state index in [0.29, 0.717) is 0 Å². The molecule has 0 atom stereocenters. The molecular formula is C5H5F8NO2. The molecule has 0 bridgehead atoms. The van der Waals surface area contributed by atoms with E-state index in [2.05, 4.69) is 0 Å². The first-order valence-electron chi connectivity index (χ1n) is 3.04. The minimum absolute atomic E-state index is 0. The van der Waals surface area contributed by atoms with Crippen LogP contribution in [0.5, 0.6) is 0 Å². The van der Waals surface area contributed by atoms with Crippen molar-refractivity contribution in [3.05, 3.63) is 0 Å². The second-order valence-electron chi connectivity index (χ2n) is 2.38. The highest BCUT2D eigenvalue weighted by Gasteiger charge is 2.78. The molecule has 0 aromatic carbocycles. The Hall–Kier alpha value is -1.13. The molecule has 3 nitrogen and oxygen atoms in total. The average Bonchev–Trinajstić information content (AvgIpc) is 2.02. The number of halogens is 8. The summed E-state index contributed by atoms with van der Waals surface area (Å²) >= 11 is 0. The van der Waals surface area contributed by atoms with Crippen LogP contribution in [0.25, 0.3) is 0 Å². The second kappa shape index (κ2) is 4.39. The van der Waals surface area contributed by atoms with E-state index in [1.165, 1.54) is 0 Å². The average molecular weight is 263 g/mol. The summed E-state index contributed by atoms with van der Waals surface area (Å²) in [5.41, 5.74) is 0. The van der Waals surface area contributed by atoms with Crippen molar-refractivity contribution in [2.45, 2.75) is 24.2 Å². The van der Waals surface area contributed by atoms with Crippen molar-refractivity contribution in [1.82, 2.24) is 6.15 Å². The molecule has 0 aromatic rings. The van der Waals surface area contributed by atoms with Gasteiger partial charge in [0.15, 0.2) is 0 Å². The molecule has 0 aliphatic carbocycles. The summed E-state index contributed by atoms with van der Waals surface area (Å²) in [7, 11) is 0. The zero-order valence-corrected chi connectivity index (χ0v) is 7.16. The number of alkyl halides is 8. The van der Waals surface area contributed by atoms with Crippen molar-refractivity contribution in [3.8, 4) is 0 Å². The van der Waals surface area contributed by atoms with Crippen LogP contribution in [0.2, 0.25) is 0 Å². The summed E-state index contributed by atoms with van der Waals surface area (Å²) in [5, 5.41) is 7.51. The molecule has 0 saturated carbocycles. The Balaban J connectivity index is 0. The van der Waals surface area contributed by atoms with Crippen LogP contribution in [0.4, 0.5) is 35.1 Å². The molecule has 0 aromatic heterocycles. The number of carboxylic acid groups (broad SMARTS) is 1. The summed E-state index contributed by atoms with van der Waals surface area (Å²) in [4.78, 5) is 9.53. The van der Waals surface area contributed by atoms with Gasteiger partial charge in [-0.1, -0.05) is 0 Å². The Morgan fingerprint density at radius 3 is 1.50 bits per heavy atom. The van der Waals surface area contributed by atoms with Crippen LogP contribution in [0, 0.1) is 0 Å². The molecule has 16 heavy (non-hydrogen) atoms. The standard InChI is InChI=1S/C5H2F8O2.H3N/c6-1(7)3(8,9)5(12,13)4(10,11)2(14)15;/h1H,(H,14,15);1H3. The largest absolute Gasteiger partial charge is 0.477 e. The van der Waals surface area contributed by atoms with Crippen LogP contribution in [0.15, 0.2) is 0 Å². The Morgan fingerprint density at radius 1 is 1.00 bits per heavy atom. The summed E-state index contributed by atoms with van der Waals surface area (Å²) in [6.45, 7) is 0. The minimum atomic E-state index is -6.68. The monoisotopic (exact) mass is 263 g/mol. The van der Waals surface area contributed by atoms with Gasteiger partial charge in [-0.25, -0.2) is 13.6 Å². The normalized spacial score (nSPS) is 13.6. The zero-order chi connectivity index (χ0) is 12.7. The minimum Gasteiger partial charge on any atom is -0.477 e. The smallest absolute Gasteiger partial charge is 0.410 e. The molecular weight excluding hydrogens is 258 g/mol. The lowest BCUT2D eigenvalue weighted by Crippen LogP contribution is -2.60. The number of hydrogen-bond acceptors (Lipinski definition) is 2. The third-order valence-electron chi connectivity index (χ3n) is 1.36. The SMILES string of the molecule is N.O=C(O)C(F)(F)C(F)(F)C(F)(F)C(F)F. The van der Waals surface area contributed by atoms with Crippen molar-refractivity contribution >= 4 is 5.97 Å². The van der Waals surface area contributed by atoms with Crippen LogP contribution in [0.1, 0.15) is 0 Å². The fourth-order valence-electron chi connectivity index (χ4n) is 0.481. The van der Waals surface area contributed by atoms with E-state index in [4.69, 9.17) is 5.11 Å². The van der Waals surface area contributed by atoms with Gasteiger partial charge in [-0.15, -0.1) is 0 Å². The molecule has 0 radical (unpaired) electrons. The summed E-state index contributed by atoms with van der Waals surface area (Å²) in [6.07, 6.45) is -5.11. The van der Waals surface area contributed by atoms with Crippen molar-refractivity contribution in [2.24, 2.45) is 0 Å². The van der Waals surface area contributed by atoms with E-state index in [1.54, 1.807) is 0 Å². The highest BCUT2D eigenvalue weighted by atomic mass is 19.4. The quantitative estimate of drug-likeness (QED) is 0.765. The van der Waals surface area contributed by atoms with Crippen LogP contribution < -0.4 is 6.15 Å². The molecule has 0 rings (SSSR count). The first-order chi connectivity index (χ1) is 6.39. The number of aliphatic carboxylic acids is 1. The van der Waals surface area contributed by atoms with E-state index in [9.17, 15) is 39.9 Å². The summed E-state index contributed by atoms with van der Waals surface area (Å²) in [5.74, 6) is -23.0. The van der Waals surface area contributed by atoms with Crippen molar-refractivity contribution in [1.29, 1.82) is 0 Å². The first kappa shape index (κ1) is 17.3. The predicted molar refractivity (Wildman–Crippen MR) is 33.5 cm³/mol. The maximum atomic E-state index is 12.1. The first-order valence-corrected chi connectivity index (χ1v) is 3.04. The van der Waals surface area contributed by atoms with Gasteiger partial charge in [-0.2, -0.15) is 26.3 Å². The van der Waals surface area contributed by atoms with Crippen molar-refractivity contribution in [2.75, 3.05) is 0 Å². The molecule has 0 amide bonds. The molecule has 0 heterocycles. The number of carbonyl (C=O) groups is 1. The van der Waals surface area contributed by atoms with E-state index in [0.717, 1.165) is 0 Å². The lowest BCUT2D eigenvalue weighted by molar-refractivity contribution is -0.331. The molecule has 4 N–H and O–H groups in total. The third-order valence-corrected chi connectivity index (χ3v) is 1.36. The maximum absolute atomic E-state index is 12.1. The number of carboxylic acids is 1. The molecule has 0 spiro atoms. The van der Waals surface area contributed by atoms with Gasteiger partial charge in [0.25, 0.3) is 0 Å². The molecule has 0 unspecified atom stereocenters. The zero-order valence-electron chi connectivity index (χ0n) is 7.16. The third kappa shape index (κ3) is 2.18. The van der Waals surface area contributed by atoms with E-state index >= 15 is 0 Å². The van der Waals surface area contributed by atoms with Crippen LogP contribution >= 0.6 is 0 Å². The fourth-order valence-corrected chi connectivity index (χ4v) is 0.481. The molecule has 0 aliphatic rings. The highest BCUT2D eigenvalue weighted by molar-refractivity contribution is 5.77. The maximum Gasteiger partial charge on any atom is 0.410 e. The van der Waals surface area contributed by atoms with Gasteiger partial charge in [0.05, 0.1) is 0 Å². The number of rotatable bonds is 4. The molecule has 0 fully saturated rings. The van der Waals surface area contributed by atoms with Gasteiger partial charge in [-0.3, -0.25) is 0 Å². The van der Waals surface area contributed by atoms with Crippen LogP contribution in [-0.2, 0) is 4.79 Å². The molecule has 11 heteroatoms. The van der Waals surface area contributed by atoms with E-state index in [1.807, 2.05) is 0 Å². The van der Waals surface area contributed by atoms with Gasteiger partial charge in [-0.05, 0) is 0 Å². The lowest BCUT2D eigenvalue weighted by Gasteiger charge is -2.29. The molecule has 0 aliphatic heterocycles. The van der Waals surface area contributed by atoms with Crippen LogP contribution in [-0.4, -0.2) is 35.3 Å². The van der Waals surface area contributed by atoms with E-state index < -0.39 is 30.2 Å². The van der Waals surface area contributed by atoms with Crippen LogP contribution in [0.3, 0.4) is 0 Å². The fraction of sp³-hybridized carbons (Fsp3) is 0.800. The van der Waals surface area contributed by atoms with Crippen molar-refractivity contribution in [3.63, 3.8) is 0 Å². The summed E-state index contributed by atoms with van der Waals surface area (Å²) in [6, 6.07) is 0. The topological polar surface area (TPSA) is 72.3 Å². The van der Waals surface area contributed by atoms with Gasteiger partial charge in [0.1, 0.15) is 0 Å². The Labute approximate surface area is 82.6 Å². The van der Waals surface area contributed by atoms with E-state index in [-0.39, 0.29) is 6.15 Å². The van der Waals surface area contributed by atoms with Gasteiger partial charge < -0.3 is 11.3 Å². The molecule has 0 saturated heterocycles. The predicted octanol–water partition coefficient (Wildman–Crippen LogP) is 2.40.